The van der Waals surface area contributed by atoms with Crippen LogP contribution in [0.25, 0.3) is 5.69 Å². The molecule has 0 amide bonds. The summed E-state index contributed by atoms with van der Waals surface area (Å²) in [6, 6.07) is 10.6. The summed E-state index contributed by atoms with van der Waals surface area (Å²) < 4.78 is 2.00. The van der Waals surface area contributed by atoms with Gasteiger partial charge in [-0.2, -0.15) is 5.10 Å². The number of benzene rings is 1. The van der Waals surface area contributed by atoms with Crippen molar-refractivity contribution < 1.29 is 0 Å². The van der Waals surface area contributed by atoms with Crippen molar-refractivity contribution in [3.63, 3.8) is 0 Å². The Labute approximate surface area is 132 Å². The smallest absolute Gasteiger partial charge is 0.0699 e. The SMILES string of the molecule is CC(C)c1nn(-c2ccccc2)cc1CN1CC(C)C(N)C1. The van der Waals surface area contributed by atoms with E-state index in [4.69, 9.17) is 10.8 Å². The van der Waals surface area contributed by atoms with Gasteiger partial charge >= 0.3 is 0 Å². The number of nitrogens with two attached hydrogens (primary N) is 1. The molecule has 2 atom stereocenters. The molecule has 1 aromatic carbocycles. The van der Waals surface area contributed by atoms with E-state index in [1.165, 1.54) is 11.3 Å². The van der Waals surface area contributed by atoms with E-state index < -0.39 is 0 Å². The van der Waals surface area contributed by atoms with Crippen molar-refractivity contribution in [1.82, 2.24) is 14.7 Å². The third-order valence-electron chi connectivity index (χ3n) is 4.53. The zero-order chi connectivity index (χ0) is 15.7. The Morgan fingerprint density at radius 1 is 1.23 bits per heavy atom. The van der Waals surface area contributed by atoms with Crippen LogP contribution in [-0.2, 0) is 6.54 Å². The molecular formula is C18H26N4. The fourth-order valence-corrected chi connectivity index (χ4v) is 3.21. The molecule has 2 aromatic rings. The number of aromatic nitrogens is 2. The maximum absolute atomic E-state index is 6.15. The van der Waals surface area contributed by atoms with Crippen molar-refractivity contribution in [2.24, 2.45) is 11.7 Å². The van der Waals surface area contributed by atoms with Crippen LogP contribution < -0.4 is 5.73 Å². The largest absolute Gasteiger partial charge is 0.326 e. The molecule has 1 aliphatic rings. The summed E-state index contributed by atoms with van der Waals surface area (Å²) in [5.74, 6) is 1.00. The molecule has 0 spiro atoms. The van der Waals surface area contributed by atoms with Gasteiger partial charge in [-0.15, -0.1) is 0 Å². The van der Waals surface area contributed by atoms with Gasteiger partial charge in [-0.25, -0.2) is 4.68 Å². The van der Waals surface area contributed by atoms with Crippen molar-refractivity contribution in [3.8, 4) is 5.69 Å². The van der Waals surface area contributed by atoms with Crippen LogP contribution in [0.2, 0.25) is 0 Å². The average Bonchev–Trinajstić information content (AvgIpc) is 3.05. The van der Waals surface area contributed by atoms with E-state index in [2.05, 4.69) is 44.0 Å². The van der Waals surface area contributed by atoms with Gasteiger partial charge in [0.15, 0.2) is 0 Å². The first-order valence-electron chi connectivity index (χ1n) is 8.16. The van der Waals surface area contributed by atoms with Gasteiger partial charge in [0.2, 0.25) is 0 Å². The Morgan fingerprint density at radius 2 is 1.95 bits per heavy atom. The van der Waals surface area contributed by atoms with Crippen LogP contribution in [-0.4, -0.2) is 33.8 Å². The summed E-state index contributed by atoms with van der Waals surface area (Å²) in [6.07, 6.45) is 2.18. The van der Waals surface area contributed by atoms with Crippen molar-refractivity contribution in [1.29, 1.82) is 0 Å². The predicted octanol–water partition coefficient (Wildman–Crippen LogP) is 2.77. The Balaban J connectivity index is 1.85. The van der Waals surface area contributed by atoms with Gasteiger partial charge in [-0.05, 0) is 24.0 Å². The van der Waals surface area contributed by atoms with Crippen LogP contribution in [0.1, 0.15) is 37.9 Å². The third-order valence-corrected chi connectivity index (χ3v) is 4.53. The molecule has 2 N–H and O–H groups in total. The number of nitrogens with zero attached hydrogens (tertiary/aromatic N) is 3. The van der Waals surface area contributed by atoms with Gasteiger partial charge in [0, 0.05) is 37.4 Å². The van der Waals surface area contributed by atoms with Crippen LogP contribution in [0.4, 0.5) is 0 Å². The lowest BCUT2D eigenvalue weighted by atomic mass is 10.1. The minimum absolute atomic E-state index is 0.298. The second-order valence-electron chi connectivity index (χ2n) is 6.81. The molecule has 0 saturated carbocycles. The lowest BCUT2D eigenvalue weighted by Crippen LogP contribution is -2.28. The summed E-state index contributed by atoms with van der Waals surface area (Å²) in [7, 11) is 0. The van der Waals surface area contributed by atoms with Crippen molar-refractivity contribution >= 4 is 0 Å². The predicted molar refractivity (Wildman–Crippen MR) is 90.1 cm³/mol. The van der Waals surface area contributed by atoms with Gasteiger partial charge in [-0.3, -0.25) is 4.90 Å². The van der Waals surface area contributed by atoms with Gasteiger partial charge < -0.3 is 5.73 Å². The highest BCUT2D eigenvalue weighted by molar-refractivity contribution is 5.33. The highest BCUT2D eigenvalue weighted by atomic mass is 15.3. The Bertz CT molecular complexity index is 607. The molecule has 22 heavy (non-hydrogen) atoms. The van der Waals surface area contributed by atoms with Crippen LogP contribution in [0, 0.1) is 5.92 Å². The third kappa shape index (κ3) is 3.08. The standard InChI is InChI=1S/C18H26N4/c1-13(2)18-15(10-21-9-14(3)17(19)12-21)11-22(20-18)16-7-5-4-6-8-16/h4-8,11,13-14,17H,9-10,12,19H2,1-3H3. The first-order valence-corrected chi connectivity index (χ1v) is 8.16. The van der Waals surface area contributed by atoms with E-state index >= 15 is 0 Å². The molecule has 2 unspecified atom stereocenters. The van der Waals surface area contributed by atoms with Crippen molar-refractivity contribution in [2.75, 3.05) is 13.1 Å². The summed E-state index contributed by atoms with van der Waals surface area (Å²) in [6.45, 7) is 9.66. The summed E-state index contributed by atoms with van der Waals surface area (Å²) in [5, 5.41) is 4.82. The molecule has 4 nitrogen and oxygen atoms in total. The molecule has 1 aromatic heterocycles. The fraction of sp³-hybridized carbons (Fsp3) is 0.500. The molecule has 1 fully saturated rings. The van der Waals surface area contributed by atoms with E-state index in [9.17, 15) is 0 Å². The second-order valence-corrected chi connectivity index (χ2v) is 6.81. The van der Waals surface area contributed by atoms with E-state index in [0.29, 0.717) is 17.9 Å². The number of hydrogen-bond acceptors (Lipinski definition) is 3. The maximum Gasteiger partial charge on any atom is 0.0699 e. The first kappa shape index (κ1) is 15.3. The van der Waals surface area contributed by atoms with Crippen molar-refractivity contribution in [3.05, 3.63) is 47.8 Å². The fourth-order valence-electron chi connectivity index (χ4n) is 3.21. The van der Waals surface area contributed by atoms with Crippen LogP contribution in [0.5, 0.6) is 0 Å². The van der Waals surface area contributed by atoms with E-state index in [1.54, 1.807) is 0 Å². The molecular weight excluding hydrogens is 272 g/mol. The maximum atomic E-state index is 6.15. The second kappa shape index (κ2) is 6.23. The molecule has 1 saturated heterocycles. The quantitative estimate of drug-likeness (QED) is 0.944. The normalized spacial score (nSPS) is 22.6. The van der Waals surface area contributed by atoms with E-state index in [0.717, 1.165) is 25.3 Å². The monoisotopic (exact) mass is 298 g/mol. The van der Waals surface area contributed by atoms with Gasteiger partial charge in [0.1, 0.15) is 0 Å². The lowest BCUT2D eigenvalue weighted by molar-refractivity contribution is 0.317. The average molecular weight is 298 g/mol. The molecule has 3 rings (SSSR count). The van der Waals surface area contributed by atoms with Gasteiger partial charge in [0.05, 0.1) is 11.4 Å². The highest BCUT2D eigenvalue weighted by Crippen LogP contribution is 2.24. The van der Waals surface area contributed by atoms with Crippen molar-refractivity contribution in [2.45, 2.75) is 39.3 Å². The molecule has 0 aliphatic carbocycles. The summed E-state index contributed by atoms with van der Waals surface area (Å²) in [4.78, 5) is 2.45. The Kier molecular flexibility index (Phi) is 4.32. The molecule has 0 radical (unpaired) electrons. The van der Waals surface area contributed by atoms with Crippen LogP contribution in [0.15, 0.2) is 36.5 Å². The van der Waals surface area contributed by atoms with Crippen LogP contribution in [0.3, 0.4) is 0 Å². The van der Waals surface area contributed by atoms with Gasteiger partial charge in [-0.1, -0.05) is 39.0 Å². The molecule has 1 aliphatic heterocycles. The molecule has 4 heteroatoms. The highest BCUT2D eigenvalue weighted by Gasteiger charge is 2.27. The minimum Gasteiger partial charge on any atom is -0.326 e. The van der Waals surface area contributed by atoms with E-state index in [1.807, 2.05) is 22.9 Å². The summed E-state index contributed by atoms with van der Waals surface area (Å²) >= 11 is 0. The zero-order valence-electron chi connectivity index (χ0n) is 13.7. The topological polar surface area (TPSA) is 47.1 Å². The summed E-state index contributed by atoms with van der Waals surface area (Å²) in [5.41, 5.74) is 9.78. The molecule has 2 heterocycles. The number of para-hydroxylation sites is 1. The number of hydrogen-bond donors (Lipinski definition) is 1. The minimum atomic E-state index is 0.298. The number of likely N-dealkylation sites (tertiary alicyclic amines) is 1. The van der Waals surface area contributed by atoms with Gasteiger partial charge in [0.25, 0.3) is 0 Å². The van der Waals surface area contributed by atoms with E-state index in [-0.39, 0.29) is 0 Å². The molecule has 118 valence electrons. The first-order chi connectivity index (χ1) is 10.5. The van der Waals surface area contributed by atoms with Crippen LogP contribution >= 0.6 is 0 Å². The number of rotatable bonds is 4. The zero-order valence-corrected chi connectivity index (χ0v) is 13.7. The molecule has 0 bridgehead atoms. The lowest BCUT2D eigenvalue weighted by Gasteiger charge is -2.15. The Morgan fingerprint density at radius 3 is 2.55 bits per heavy atom. The Hall–Kier alpha value is -1.65.